The molecule has 152 valence electrons. The smallest absolute Gasteiger partial charge is 0.354 e. The Hall–Kier alpha value is -3.20. The van der Waals surface area contributed by atoms with Crippen molar-refractivity contribution < 1.29 is 30.7 Å². The van der Waals surface area contributed by atoms with E-state index in [-0.39, 0.29) is 28.4 Å². The van der Waals surface area contributed by atoms with Crippen LogP contribution in [0.2, 0.25) is 0 Å². The third-order valence-electron chi connectivity index (χ3n) is 4.50. The molecule has 1 aliphatic carbocycles. The second kappa shape index (κ2) is 7.32. The van der Waals surface area contributed by atoms with E-state index >= 15 is 0 Å². The summed E-state index contributed by atoms with van der Waals surface area (Å²) in [5.74, 6) is -1.09. The molecule has 3 rings (SSSR count). The molecule has 1 aromatic heterocycles. The Labute approximate surface area is 162 Å². The molecule has 8 nitrogen and oxygen atoms in total. The van der Waals surface area contributed by atoms with E-state index < -0.39 is 32.0 Å². The Balaban J connectivity index is 2.17. The number of nitriles is 1. The van der Waals surface area contributed by atoms with Gasteiger partial charge in [0.15, 0.2) is 0 Å². The van der Waals surface area contributed by atoms with Crippen LogP contribution >= 0.6 is 0 Å². The van der Waals surface area contributed by atoms with Gasteiger partial charge in [0.25, 0.3) is 11.6 Å². The summed E-state index contributed by atoms with van der Waals surface area (Å²) in [6, 6.07) is 8.02. The molecule has 0 aliphatic heterocycles. The summed E-state index contributed by atoms with van der Waals surface area (Å²) >= 11 is 0. The minimum absolute atomic E-state index is 0.0756. The summed E-state index contributed by atoms with van der Waals surface area (Å²) in [5.41, 5.74) is -5.81. The van der Waals surface area contributed by atoms with Crippen molar-refractivity contribution in [3.05, 3.63) is 51.7 Å². The monoisotopic (exact) mass is 427 g/mol. The SMILES string of the molecule is N#Cc1c(-c2ccc([N+](=O)[O-])cc2)cc(C2CCC2)nc1OS(=O)(=O)C(F)(F)F. The van der Waals surface area contributed by atoms with Crippen LogP contribution in [0.3, 0.4) is 0 Å². The lowest BCUT2D eigenvalue weighted by molar-refractivity contribution is -0.384. The minimum atomic E-state index is -6.03. The summed E-state index contributed by atoms with van der Waals surface area (Å²) in [7, 11) is -6.03. The van der Waals surface area contributed by atoms with Crippen molar-refractivity contribution in [2.24, 2.45) is 0 Å². The van der Waals surface area contributed by atoms with Crippen LogP contribution in [0.25, 0.3) is 11.1 Å². The van der Waals surface area contributed by atoms with Gasteiger partial charge in [0.2, 0.25) is 0 Å². The highest BCUT2D eigenvalue weighted by Crippen LogP contribution is 2.40. The molecular formula is C17H12F3N3O5S. The van der Waals surface area contributed by atoms with E-state index in [1.54, 1.807) is 6.07 Å². The fourth-order valence-electron chi connectivity index (χ4n) is 2.76. The van der Waals surface area contributed by atoms with Crippen LogP contribution in [-0.4, -0.2) is 23.8 Å². The highest BCUT2D eigenvalue weighted by atomic mass is 32.2. The summed E-state index contributed by atoms with van der Waals surface area (Å²) in [5, 5.41) is 20.3. The zero-order chi connectivity index (χ0) is 21.4. The van der Waals surface area contributed by atoms with Crippen LogP contribution in [0, 0.1) is 21.4 Å². The first-order chi connectivity index (χ1) is 13.5. The molecule has 2 aromatic rings. The topological polar surface area (TPSA) is 123 Å². The number of hydrogen-bond donors (Lipinski definition) is 0. The van der Waals surface area contributed by atoms with Gasteiger partial charge in [-0.25, -0.2) is 4.98 Å². The van der Waals surface area contributed by atoms with Crippen LogP contribution < -0.4 is 4.18 Å². The van der Waals surface area contributed by atoms with Gasteiger partial charge in [0, 0.05) is 29.3 Å². The number of nitrogens with zero attached hydrogens (tertiary/aromatic N) is 3. The van der Waals surface area contributed by atoms with Crippen LogP contribution in [0.4, 0.5) is 18.9 Å². The van der Waals surface area contributed by atoms with Crippen molar-refractivity contribution in [1.82, 2.24) is 4.98 Å². The number of alkyl halides is 3. The molecular weight excluding hydrogens is 415 g/mol. The van der Waals surface area contributed by atoms with Gasteiger partial charge in [0.1, 0.15) is 11.6 Å². The summed E-state index contributed by atoms with van der Waals surface area (Å²) in [6.07, 6.45) is 2.27. The third-order valence-corrected chi connectivity index (χ3v) is 5.45. The van der Waals surface area contributed by atoms with Gasteiger partial charge < -0.3 is 4.18 Å². The van der Waals surface area contributed by atoms with E-state index in [1.807, 2.05) is 0 Å². The Kier molecular flexibility index (Phi) is 5.18. The quantitative estimate of drug-likeness (QED) is 0.305. The van der Waals surface area contributed by atoms with Crippen LogP contribution in [0.15, 0.2) is 30.3 Å². The first kappa shape index (κ1) is 20.5. The van der Waals surface area contributed by atoms with Gasteiger partial charge in [-0.3, -0.25) is 10.1 Å². The summed E-state index contributed by atoms with van der Waals surface area (Å²) in [6.45, 7) is 0. The standard InChI is InChI=1S/C17H12F3N3O5S/c18-17(19,20)29(26,27)28-16-14(9-21)13(8-15(22-16)11-2-1-3-11)10-4-6-12(7-5-10)23(24)25/h4-8,11H,1-3H2. The van der Waals surface area contributed by atoms with E-state index in [2.05, 4.69) is 9.17 Å². The molecule has 0 unspecified atom stereocenters. The number of nitro groups is 1. The zero-order valence-corrected chi connectivity index (χ0v) is 15.3. The first-order valence-corrected chi connectivity index (χ1v) is 9.65. The van der Waals surface area contributed by atoms with Gasteiger partial charge in [-0.2, -0.15) is 26.9 Å². The zero-order valence-electron chi connectivity index (χ0n) is 14.5. The van der Waals surface area contributed by atoms with E-state index in [0.717, 1.165) is 18.6 Å². The highest BCUT2D eigenvalue weighted by molar-refractivity contribution is 7.87. The van der Waals surface area contributed by atoms with Crippen molar-refractivity contribution in [3.63, 3.8) is 0 Å². The van der Waals surface area contributed by atoms with E-state index in [9.17, 15) is 37.0 Å². The Morgan fingerprint density at radius 3 is 2.31 bits per heavy atom. The second-order valence-electron chi connectivity index (χ2n) is 6.30. The molecule has 12 heteroatoms. The molecule has 0 spiro atoms. The van der Waals surface area contributed by atoms with Gasteiger partial charge in [-0.05, 0) is 36.6 Å². The fraction of sp³-hybridized carbons (Fsp3) is 0.294. The van der Waals surface area contributed by atoms with Crippen LogP contribution in [0.5, 0.6) is 5.88 Å². The molecule has 1 saturated carbocycles. The molecule has 1 fully saturated rings. The molecule has 29 heavy (non-hydrogen) atoms. The lowest BCUT2D eigenvalue weighted by Crippen LogP contribution is -2.29. The van der Waals surface area contributed by atoms with Gasteiger partial charge >= 0.3 is 15.6 Å². The maximum absolute atomic E-state index is 12.7. The Morgan fingerprint density at radius 1 is 1.24 bits per heavy atom. The average molecular weight is 427 g/mol. The number of nitro benzene ring substituents is 1. The second-order valence-corrected chi connectivity index (χ2v) is 7.84. The number of rotatable bonds is 5. The van der Waals surface area contributed by atoms with Crippen molar-refractivity contribution in [1.29, 1.82) is 5.26 Å². The maximum Gasteiger partial charge on any atom is 0.534 e. The number of halogens is 3. The van der Waals surface area contributed by atoms with Crippen molar-refractivity contribution >= 4 is 15.8 Å². The fourth-order valence-corrected chi connectivity index (χ4v) is 3.19. The normalized spacial score (nSPS) is 14.7. The van der Waals surface area contributed by atoms with Crippen LogP contribution in [-0.2, 0) is 10.1 Å². The molecule has 0 amide bonds. The molecule has 0 saturated heterocycles. The van der Waals surface area contributed by atoms with E-state index in [1.165, 1.54) is 18.2 Å². The lowest BCUT2D eigenvalue weighted by Gasteiger charge is -2.26. The van der Waals surface area contributed by atoms with Crippen molar-refractivity contribution in [2.45, 2.75) is 30.7 Å². The van der Waals surface area contributed by atoms with Gasteiger partial charge in [-0.15, -0.1) is 0 Å². The lowest BCUT2D eigenvalue weighted by atomic mass is 9.81. The molecule has 0 radical (unpaired) electrons. The Bertz CT molecular complexity index is 1100. The molecule has 0 atom stereocenters. The number of pyridine rings is 1. The predicted octanol–water partition coefficient (Wildman–Crippen LogP) is 4.02. The largest absolute Gasteiger partial charge is 0.534 e. The minimum Gasteiger partial charge on any atom is -0.354 e. The number of aromatic nitrogens is 1. The maximum atomic E-state index is 12.7. The van der Waals surface area contributed by atoms with Crippen molar-refractivity contribution in [2.75, 3.05) is 0 Å². The molecule has 0 N–H and O–H groups in total. The number of benzene rings is 1. The molecule has 1 aromatic carbocycles. The highest BCUT2D eigenvalue weighted by Gasteiger charge is 2.49. The molecule has 1 heterocycles. The van der Waals surface area contributed by atoms with Crippen LogP contribution in [0.1, 0.15) is 36.4 Å². The number of hydrogen-bond acceptors (Lipinski definition) is 7. The molecule has 1 aliphatic rings. The third kappa shape index (κ3) is 4.00. The average Bonchev–Trinajstić information content (AvgIpc) is 2.58. The van der Waals surface area contributed by atoms with Gasteiger partial charge in [-0.1, -0.05) is 6.42 Å². The van der Waals surface area contributed by atoms with Gasteiger partial charge in [0.05, 0.1) is 4.92 Å². The Morgan fingerprint density at radius 2 is 1.86 bits per heavy atom. The molecule has 0 bridgehead atoms. The number of non-ortho nitro benzene ring substituents is 1. The predicted molar refractivity (Wildman–Crippen MR) is 93.2 cm³/mol. The summed E-state index contributed by atoms with van der Waals surface area (Å²) in [4.78, 5) is 14.0. The summed E-state index contributed by atoms with van der Waals surface area (Å²) < 4.78 is 65.3. The first-order valence-electron chi connectivity index (χ1n) is 8.24. The van der Waals surface area contributed by atoms with E-state index in [4.69, 9.17) is 0 Å². The van der Waals surface area contributed by atoms with E-state index in [0.29, 0.717) is 12.8 Å². The van der Waals surface area contributed by atoms with Crippen molar-refractivity contribution in [3.8, 4) is 23.1 Å².